The minimum absolute atomic E-state index is 0.0203. The molecule has 104 valence electrons. The lowest BCUT2D eigenvalue weighted by Gasteiger charge is -2.18. The van der Waals surface area contributed by atoms with Crippen LogP contribution in [0.5, 0.6) is 5.75 Å². The molecule has 2 aromatic carbocycles. The maximum absolute atomic E-state index is 12.4. The van der Waals surface area contributed by atoms with Gasteiger partial charge in [0.15, 0.2) is 6.10 Å². The van der Waals surface area contributed by atoms with Crippen molar-refractivity contribution in [2.75, 3.05) is 5.73 Å². The van der Waals surface area contributed by atoms with Crippen LogP contribution in [-0.2, 0) is 0 Å². The van der Waals surface area contributed by atoms with Gasteiger partial charge in [0.1, 0.15) is 5.75 Å². The van der Waals surface area contributed by atoms with Gasteiger partial charge < -0.3 is 10.5 Å². The van der Waals surface area contributed by atoms with E-state index in [0.29, 0.717) is 23.4 Å². The zero-order valence-corrected chi connectivity index (χ0v) is 11.8. The molecule has 1 unspecified atom stereocenters. The Morgan fingerprint density at radius 1 is 1.20 bits per heavy atom. The Hall–Kier alpha value is -2.29. The largest absolute Gasteiger partial charge is 0.480 e. The summed E-state index contributed by atoms with van der Waals surface area (Å²) in [5.41, 5.74) is 8.21. The fraction of sp³-hybridized carbons (Fsp3) is 0.235. The fourth-order valence-corrected chi connectivity index (χ4v) is 2.04. The van der Waals surface area contributed by atoms with E-state index in [2.05, 4.69) is 0 Å². The van der Waals surface area contributed by atoms with E-state index >= 15 is 0 Å². The van der Waals surface area contributed by atoms with Gasteiger partial charge in [-0.05, 0) is 31.0 Å². The number of rotatable bonds is 5. The van der Waals surface area contributed by atoms with Gasteiger partial charge >= 0.3 is 0 Å². The minimum atomic E-state index is -0.512. The highest BCUT2D eigenvalue weighted by Gasteiger charge is 2.20. The molecule has 1 atom stereocenters. The topological polar surface area (TPSA) is 52.3 Å². The second-order valence-corrected chi connectivity index (χ2v) is 4.79. The summed E-state index contributed by atoms with van der Waals surface area (Å²) in [6, 6.07) is 14.8. The van der Waals surface area contributed by atoms with Gasteiger partial charge in [0.25, 0.3) is 0 Å². The van der Waals surface area contributed by atoms with Gasteiger partial charge in [-0.1, -0.05) is 43.3 Å². The SMILES string of the molecule is CCC(Oc1ccc(C)cc1N)C(=O)c1ccccc1. The zero-order chi connectivity index (χ0) is 14.5. The molecular formula is C17H19NO2. The van der Waals surface area contributed by atoms with Crippen molar-refractivity contribution in [1.82, 2.24) is 0 Å². The molecule has 0 spiro atoms. The molecule has 0 amide bonds. The second kappa shape index (κ2) is 6.24. The third-order valence-electron chi connectivity index (χ3n) is 3.16. The molecule has 20 heavy (non-hydrogen) atoms. The summed E-state index contributed by atoms with van der Waals surface area (Å²) in [6.07, 6.45) is 0.0866. The highest BCUT2D eigenvalue weighted by Crippen LogP contribution is 2.24. The van der Waals surface area contributed by atoms with E-state index in [0.717, 1.165) is 5.56 Å². The van der Waals surface area contributed by atoms with Crippen molar-refractivity contribution in [1.29, 1.82) is 0 Å². The summed E-state index contributed by atoms with van der Waals surface area (Å²) < 4.78 is 5.79. The van der Waals surface area contributed by atoms with E-state index < -0.39 is 6.10 Å². The van der Waals surface area contributed by atoms with Crippen LogP contribution in [0.2, 0.25) is 0 Å². The maximum atomic E-state index is 12.4. The number of anilines is 1. The van der Waals surface area contributed by atoms with Crippen LogP contribution < -0.4 is 10.5 Å². The number of benzene rings is 2. The van der Waals surface area contributed by atoms with E-state index in [4.69, 9.17) is 10.5 Å². The summed E-state index contributed by atoms with van der Waals surface area (Å²) in [5, 5.41) is 0. The average Bonchev–Trinajstić information content (AvgIpc) is 2.47. The Kier molecular flexibility index (Phi) is 4.41. The van der Waals surface area contributed by atoms with Crippen molar-refractivity contribution in [3.8, 4) is 5.75 Å². The molecule has 3 nitrogen and oxygen atoms in total. The molecule has 0 aliphatic rings. The minimum Gasteiger partial charge on any atom is -0.480 e. The molecule has 0 aliphatic carbocycles. The van der Waals surface area contributed by atoms with Crippen LogP contribution in [0.25, 0.3) is 0 Å². The van der Waals surface area contributed by atoms with Crippen molar-refractivity contribution in [2.24, 2.45) is 0 Å². The molecule has 0 bridgehead atoms. The molecule has 3 heteroatoms. The molecule has 2 N–H and O–H groups in total. The number of hydrogen-bond acceptors (Lipinski definition) is 3. The van der Waals surface area contributed by atoms with Gasteiger partial charge in [-0.3, -0.25) is 4.79 Å². The molecule has 0 saturated heterocycles. The fourth-order valence-electron chi connectivity index (χ4n) is 2.04. The first-order valence-corrected chi connectivity index (χ1v) is 6.74. The summed E-state index contributed by atoms with van der Waals surface area (Å²) in [4.78, 5) is 12.4. The monoisotopic (exact) mass is 269 g/mol. The number of aryl methyl sites for hydroxylation is 1. The lowest BCUT2D eigenvalue weighted by atomic mass is 10.0. The first-order valence-electron chi connectivity index (χ1n) is 6.74. The van der Waals surface area contributed by atoms with Gasteiger partial charge in [0, 0.05) is 5.56 Å². The Morgan fingerprint density at radius 2 is 1.90 bits per heavy atom. The molecular weight excluding hydrogens is 250 g/mol. The van der Waals surface area contributed by atoms with Crippen LogP contribution in [0.3, 0.4) is 0 Å². The normalized spacial score (nSPS) is 11.9. The van der Waals surface area contributed by atoms with E-state index in [9.17, 15) is 4.79 Å². The van der Waals surface area contributed by atoms with Crippen molar-refractivity contribution in [3.05, 3.63) is 59.7 Å². The highest BCUT2D eigenvalue weighted by atomic mass is 16.5. The van der Waals surface area contributed by atoms with Crippen LogP contribution >= 0.6 is 0 Å². The molecule has 0 aliphatic heterocycles. The molecule has 0 radical (unpaired) electrons. The predicted octanol–water partition coefficient (Wildman–Crippen LogP) is 3.62. The molecule has 2 aromatic rings. The second-order valence-electron chi connectivity index (χ2n) is 4.79. The van der Waals surface area contributed by atoms with Gasteiger partial charge in [0.2, 0.25) is 5.78 Å². The van der Waals surface area contributed by atoms with Crippen LogP contribution in [0.4, 0.5) is 5.69 Å². The summed E-state index contributed by atoms with van der Waals surface area (Å²) in [6.45, 7) is 3.89. The van der Waals surface area contributed by atoms with Crippen LogP contribution in [-0.4, -0.2) is 11.9 Å². The third kappa shape index (κ3) is 3.18. The van der Waals surface area contributed by atoms with E-state index in [1.807, 2.05) is 50.2 Å². The maximum Gasteiger partial charge on any atom is 0.203 e. The van der Waals surface area contributed by atoms with Crippen LogP contribution in [0, 0.1) is 6.92 Å². The van der Waals surface area contributed by atoms with Crippen LogP contribution in [0.15, 0.2) is 48.5 Å². The lowest BCUT2D eigenvalue weighted by Crippen LogP contribution is -2.27. The Labute approximate surface area is 119 Å². The summed E-state index contributed by atoms with van der Waals surface area (Å²) >= 11 is 0. The Balaban J connectivity index is 2.19. The quantitative estimate of drug-likeness (QED) is 0.666. The van der Waals surface area contributed by atoms with E-state index in [-0.39, 0.29) is 5.78 Å². The first-order chi connectivity index (χ1) is 9.61. The number of Topliss-reactive ketones (excluding diaryl/α,β-unsaturated/α-hetero) is 1. The molecule has 2 rings (SSSR count). The predicted molar refractivity (Wildman–Crippen MR) is 81.1 cm³/mol. The number of nitrogens with two attached hydrogens (primary N) is 1. The standard InChI is InChI=1S/C17H19NO2/c1-3-15(17(19)13-7-5-4-6-8-13)20-16-10-9-12(2)11-14(16)18/h4-11,15H,3,18H2,1-2H3. The van der Waals surface area contributed by atoms with Gasteiger partial charge in [-0.15, -0.1) is 0 Å². The lowest BCUT2D eigenvalue weighted by molar-refractivity contribution is 0.0788. The first kappa shape index (κ1) is 14.1. The Morgan fingerprint density at radius 3 is 2.50 bits per heavy atom. The van der Waals surface area contributed by atoms with E-state index in [1.165, 1.54) is 0 Å². The number of nitrogen functional groups attached to an aromatic ring is 1. The van der Waals surface area contributed by atoms with Crippen LogP contribution in [0.1, 0.15) is 29.3 Å². The Bertz CT molecular complexity index is 593. The van der Waals surface area contributed by atoms with Gasteiger partial charge in [-0.2, -0.15) is 0 Å². The number of ether oxygens (including phenoxy) is 1. The number of ketones is 1. The summed E-state index contributed by atoms with van der Waals surface area (Å²) in [5.74, 6) is 0.541. The molecule has 0 aromatic heterocycles. The zero-order valence-electron chi connectivity index (χ0n) is 11.8. The molecule has 0 heterocycles. The number of carbonyl (C=O) groups excluding carboxylic acids is 1. The van der Waals surface area contributed by atoms with Crippen molar-refractivity contribution in [3.63, 3.8) is 0 Å². The van der Waals surface area contributed by atoms with E-state index in [1.54, 1.807) is 12.1 Å². The number of carbonyl (C=O) groups is 1. The molecule has 0 saturated carbocycles. The summed E-state index contributed by atoms with van der Waals surface area (Å²) in [7, 11) is 0. The smallest absolute Gasteiger partial charge is 0.203 e. The van der Waals surface area contributed by atoms with Gasteiger partial charge in [0.05, 0.1) is 5.69 Å². The average molecular weight is 269 g/mol. The van der Waals surface area contributed by atoms with Crippen molar-refractivity contribution < 1.29 is 9.53 Å². The third-order valence-corrected chi connectivity index (χ3v) is 3.16. The van der Waals surface area contributed by atoms with Gasteiger partial charge in [-0.25, -0.2) is 0 Å². The van der Waals surface area contributed by atoms with Crippen molar-refractivity contribution >= 4 is 11.5 Å². The highest BCUT2D eigenvalue weighted by molar-refractivity contribution is 5.99. The number of hydrogen-bond donors (Lipinski definition) is 1. The molecule has 0 fully saturated rings. The van der Waals surface area contributed by atoms with Crippen molar-refractivity contribution in [2.45, 2.75) is 26.4 Å².